The SMILES string of the molecule is CCCCCCCCCCCCCC(=O)NCC(O)CN=O. The summed E-state index contributed by atoms with van der Waals surface area (Å²) in [5, 5.41) is 14.5. The number of hydrogen-bond acceptors (Lipinski definition) is 4. The Bertz CT molecular complexity index is 273. The summed E-state index contributed by atoms with van der Waals surface area (Å²) in [5.74, 6) is -0.0547. The molecule has 0 aromatic rings. The molecule has 0 saturated carbocycles. The maximum atomic E-state index is 11.5. The smallest absolute Gasteiger partial charge is 0.220 e. The van der Waals surface area contributed by atoms with Gasteiger partial charge in [-0.05, 0) is 6.42 Å². The Morgan fingerprint density at radius 3 is 1.95 bits per heavy atom. The molecule has 1 unspecified atom stereocenters. The summed E-state index contributed by atoms with van der Waals surface area (Å²) in [7, 11) is 0. The Hall–Kier alpha value is -0.970. The summed E-state index contributed by atoms with van der Waals surface area (Å²) in [6, 6.07) is 0. The molecule has 1 amide bonds. The number of carbonyl (C=O) groups excluding carboxylic acids is 1. The van der Waals surface area contributed by atoms with E-state index in [0.717, 1.165) is 12.8 Å². The zero-order valence-electron chi connectivity index (χ0n) is 14.2. The Morgan fingerprint density at radius 1 is 0.955 bits per heavy atom. The fourth-order valence-electron chi connectivity index (χ4n) is 2.42. The number of nitroso groups, excluding NO2 is 1. The molecule has 0 spiro atoms. The predicted molar refractivity (Wildman–Crippen MR) is 90.8 cm³/mol. The van der Waals surface area contributed by atoms with Crippen LogP contribution in [0.4, 0.5) is 0 Å². The van der Waals surface area contributed by atoms with E-state index in [1.807, 2.05) is 0 Å². The third-order valence-electron chi connectivity index (χ3n) is 3.83. The van der Waals surface area contributed by atoms with Gasteiger partial charge in [-0.2, -0.15) is 4.91 Å². The molecule has 130 valence electrons. The molecule has 5 nitrogen and oxygen atoms in total. The van der Waals surface area contributed by atoms with Crippen molar-refractivity contribution in [2.75, 3.05) is 13.1 Å². The van der Waals surface area contributed by atoms with Crippen LogP contribution in [0.1, 0.15) is 84.0 Å². The molecule has 22 heavy (non-hydrogen) atoms. The average molecular weight is 314 g/mol. The molecular formula is C17H34N2O3. The molecule has 0 heterocycles. The molecule has 0 rings (SSSR count). The van der Waals surface area contributed by atoms with Crippen molar-refractivity contribution in [2.24, 2.45) is 5.18 Å². The lowest BCUT2D eigenvalue weighted by Gasteiger charge is -2.08. The molecule has 0 aliphatic heterocycles. The van der Waals surface area contributed by atoms with Gasteiger partial charge in [0.15, 0.2) is 0 Å². The van der Waals surface area contributed by atoms with E-state index >= 15 is 0 Å². The second-order valence-corrected chi connectivity index (χ2v) is 6.06. The third kappa shape index (κ3) is 15.4. The van der Waals surface area contributed by atoms with Crippen LogP contribution in [0, 0.1) is 4.91 Å². The minimum absolute atomic E-state index is 0.0547. The van der Waals surface area contributed by atoms with Crippen molar-refractivity contribution < 1.29 is 9.90 Å². The number of nitrogens with zero attached hydrogens (tertiary/aromatic N) is 1. The van der Waals surface area contributed by atoms with E-state index in [2.05, 4.69) is 17.4 Å². The Morgan fingerprint density at radius 2 is 1.45 bits per heavy atom. The summed E-state index contributed by atoms with van der Waals surface area (Å²) in [6.45, 7) is 2.19. The minimum Gasteiger partial charge on any atom is -0.389 e. The molecule has 0 aliphatic carbocycles. The van der Waals surface area contributed by atoms with Crippen LogP contribution in [0.25, 0.3) is 0 Å². The van der Waals surface area contributed by atoms with E-state index in [-0.39, 0.29) is 19.0 Å². The molecule has 0 radical (unpaired) electrons. The molecular weight excluding hydrogens is 280 g/mol. The first kappa shape index (κ1) is 21.0. The number of hydrogen-bond donors (Lipinski definition) is 2. The third-order valence-corrected chi connectivity index (χ3v) is 3.83. The number of aliphatic hydroxyl groups excluding tert-OH is 1. The maximum Gasteiger partial charge on any atom is 0.220 e. The van der Waals surface area contributed by atoms with E-state index in [1.54, 1.807) is 0 Å². The second-order valence-electron chi connectivity index (χ2n) is 6.06. The van der Waals surface area contributed by atoms with Crippen LogP contribution in [0.5, 0.6) is 0 Å². The zero-order valence-corrected chi connectivity index (χ0v) is 14.2. The van der Waals surface area contributed by atoms with Crippen molar-refractivity contribution >= 4 is 5.91 Å². The van der Waals surface area contributed by atoms with Crippen LogP contribution in [-0.4, -0.2) is 30.2 Å². The fourth-order valence-corrected chi connectivity index (χ4v) is 2.42. The van der Waals surface area contributed by atoms with Gasteiger partial charge in [0.2, 0.25) is 5.91 Å². The summed E-state index contributed by atoms with van der Waals surface area (Å²) in [5.41, 5.74) is 0. The predicted octanol–water partition coefficient (Wildman–Crippen LogP) is 3.93. The number of amides is 1. The van der Waals surface area contributed by atoms with Gasteiger partial charge in [-0.1, -0.05) is 76.3 Å². The fraction of sp³-hybridized carbons (Fsp3) is 0.941. The van der Waals surface area contributed by atoms with Crippen LogP contribution in [0.2, 0.25) is 0 Å². The zero-order chi connectivity index (χ0) is 16.5. The number of carbonyl (C=O) groups is 1. The van der Waals surface area contributed by atoms with Crippen molar-refractivity contribution in [3.05, 3.63) is 4.91 Å². The molecule has 0 saturated heterocycles. The normalized spacial score (nSPS) is 12.1. The van der Waals surface area contributed by atoms with Crippen molar-refractivity contribution in [3.8, 4) is 0 Å². The largest absolute Gasteiger partial charge is 0.389 e. The Balaban J connectivity index is 3.21. The quantitative estimate of drug-likeness (QED) is 0.334. The Kier molecular flexibility index (Phi) is 15.7. The van der Waals surface area contributed by atoms with Gasteiger partial charge < -0.3 is 10.4 Å². The lowest BCUT2D eigenvalue weighted by Crippen LogP contribution is -2.33. The highest BCUT2D eigenvalue weighted by molar-refractivity contribution is 5.75. The minimum atomic E-state index is -0.862. The van der Waals surface area contributed by atoms with Crippen LogP contribution < -0.4 is 5.32 Å². The summed E-state index contributed by atoms with van der Waals surface area (Å²) < 4.78 is 0. The lowest BCUT2D eigenvalue weighted by molar-refractivity contribution is -0.121. The first-order valence-corrected chi connectivity index (χ1v) is 8.94. The molecule has 5 heteroatoms. The van der Waals surface area contributed by atoms with Crippen molar-refractivity contribution in [1.29, 1.82) is 0 Å². The summed E-state index contributed by atoms with van der Waals surface area (Å²) in [4.78, 5) is 21.4. The van der Waals surface area contributed by atoms with Gasteiger partial charge in [-0.3, -0.25) is 4.79 Å². The first-order chi connectivity index (χ1) is 10.7. The highest BCUT2D eigenvalue weighted by Crippen LogP contribution is 2.11. The van der Waals surface area contributed by atoms with E-state index in [9.17, 15) is 14.8 Å². The Labute approximate surface area is 135 Å². The highest BCUT2D eigenvalue weighted by Gasteiger charge is 2.06. The van der Waals surface area contributed by atoms with E-state index in [0.29, 0.717) is 6.42 Å². The number of nitrogens with one attached hydrogen (secondary N) is 1. The van der Waals surface area contributed by atoms with Gasteiger partial charge in [0.1, 0.15) is 6.54 Å². The molecule has 2 N–H and O–H groups in total. The van der Waals surface area contributed by atoms with Crippen molar-refractivity contribution in [1.82, 2.24) is 5.32 Å². The molecule has 0 fully saturated rings. The lowest BCUT2D eigenvalue weighted by atomic mass is 10.1. The van der Waals surface area contributed by atoms with Crippen LogP contribution in [-0.2, 0) is 4.79 Å². The number of aliphatic hydroxyl groups is 1. The maximum absolute atomic E-state index is 11.5. The molecule has 1 atom stereocenters. The average Bonchev–Trinajstić information content (AvgIpc) is 2.51. The van der Waals surface area contributed by atoms with E-state index < -0.39 is 6.10 Å². The van der Waals surface area contributed by atoms with Gasteiger partial charge in [0.25, 0.3) is 0 Å². The molecule has 0 aromatic heterocycles. The second kappa shape index (κ2) is 16.4. The standard InChI is InChI=1S/C17H34N2O3/c1-2-3-4-5-6-7-8-9-10-11-12-13-17(21)18-14-16(20)15-19-22/h16,20H,2-15H2,1H3,(H,18,21). The monoisotopic (exact) mass is 314 g/mol. The summed E-state index contributed by atoms with van der Waals surface area (Å²) >= 11 is 0. The van der Waals surface area contributed by atoms with Crippen molar-refractivity contribution in [2.45, 2.75) is 90.1 Å². The first-order valence-electron chi connectivity index (χ1n) is 8.94. The van der Waals surface area contributed by atoms with Gasteiger partial charge in [0, 0.05) is 13.0 Å². The van der Waals surface area contributed by atoms with Gasteiger partial charge in [0.05, 0.1) is 6.10 Å². The van der Waals surface area contributed by atoms with E-state index in [1.165, 1.54) is 57.8 Å². The van der Waals surface area contributed by atoms with Crippen LogP contribution in [0.15, 0.2) is 5.18 Å². The van der Waals surface area contributed by atoms with Gasteiger partial charge in [-0.15, -0.1) is 0 Å². The van der Waals surface area contributed by atoms with Crippen molar-refractivity contribution in [3.63, 3.8) is 0 Å². The molecule has 0 aromatic carbocycles. The topological polar surface area (TPSA) is 78.8 Å². The number of unbranched alkanes of at least 4 members (excludes halogenated alkanes) is 10. The van der Waals surface area contributed by atoms with E-state index in [4.69, 9.17) is 0 Å². The van der Waals surface area contributed by atoms with Gasteiger partial charge in [-0.25, -0.2) is 0 Å². The highest BCUT2D eigenvalue weighted by atomic mass is 16.3. The summed E-state index contributed by atoms with van der Waals surface area (Å²) in [6.07, 6.45) is 13.5. The number of rotatable bonds is 16. The van der Waals surface area contributed by atoms with Gasteiger partial charge >= 0.3 is 0 Å². The molecule has 0 bridgehead atoms. The van der Waals surface area contributed by atoms with Crippen LogP contribution in [0.3, 0.4) is 0 Å². The molecule has 0 aliphatic rings. The van der Waals surface area contributed by atoms with Crippen LogP contribution >= 0.6 is 0 Å².